The van der Waals surface area contributed by atoms with Crippen LogP contribution in [0, 0.1) is 5.82 Å². The van der Waals surface area contributed by atoms with Gasteiger partial charge in [0.1, 0.15) is 11.6 Å². The molecule has 0 saturated heterocycles. The van der Waals surface area contributed by atoms with Gasteiger partial charge in [-0.2, -0.15) is 0 Å². The lowest BCUT2D eigenvalue weighted by Crippen LogP contribution is -2.23. The van der Waals surface area contributed by atoms with Gasteiger partial charge in [0.15, 0.2) is 0 Å². The predicted octanol–water partition coefficient (Wildman–Crippen LogP) is 1.25. The molecule has 0 bridgehead atoms. The summed E-state index contributed by atoms with van der Waals surface area (Å²) >= 11 is 0. The predicted molar refractivity (Wildman–Crippen MR) is 72.6 cm³/mol. The SMILES string of the molecule is CC(=O)NCCc1cc(=O)[nH]c(-c2cccc(F)c2)n1. The zero-order chi connectivity index (χ0) is 14.5. The Morgan fingerprint density at radius 1 is 1.40 bits per heavy atom. The number of hydrogen-bond donors (Lipinski definition) is 2. The van der Waals surface area contributed by atoms with Crippen molar-refractivity contribution in [3.8, 4) is 11.4 Å². The zero-order valence-corrected chi connectivity index (χ0v) is 10.9. The molecule has 0 spiro atoms. The maximum Gasteiger partial charge on any atom is 0.251 e. The number of benzene rings is 1. The number of nitrogens with one attached hydrogen (secondary N) is 2. The highest BCUT2D eigenvalue weighted by Crippen LogP contribution is 2.14. The molecule has 104 valence electrons. The third kappa shape index (κ3) is 3.74. The standard InChI is InChI=1S/C14H14FN3O2/c1-9(19)16-6-5-12-8-13(20)18-14(17-12)10-3-2-4-11(15)7-10/h2-4,7-8H,5-6H2,1H3,(H,16,19)(H,17,18,20). The lowest BCUT2D eigenvalue weighted by molar-refractivity contribution is -0.118. The lowest BCUT2D eigenvalue weighted by atomic mass is 10.2. The van der Waals surface area contributed by atoms with Crippen LogP contribution in [0.1, 0.15) is 12.6 Å². The summed E-state index contributed by atoms with van der Waals surface area (Å²) < 4.78 is 13.2. The number of amides is 1. The fourth-order valence-electron chi connectivity index (χ4n) is 1.78. The van der Waals surface area contributed by atoms with Crippen LogP contribution in [0.3, 0.4) is 0 Å². The Labute approximate surface area is 114 Å². The van der Waals surface area contributed by atoms with Crippen LogP contribution in [-0.2, 0) is 11.2 Å². The van der Waals surface area contributed by atoms with Gasteiger partial charge in [0, 0.05) is 31.5 Å². The number of hydrogen-bond acceptors (Lipinski definition) is 3. The zero-order valence-electron chi connectivity index (χ0n) is 10.9. The van der Waals surface area contributed by atoms with Crippen LogP contribution in [0.5, 0.6) is 0 Å². The lowest BCUT2D eigenvalue weighted by Gasteiger charge is -2.05. The van der Waals surface area contributed by atoms with Crippen LogP contribution in [0.15, 0.2) is 35.1 Å². The minimum Gasteiger partial charge on any atom is -0.356 e. The van der Waals surface area contributed by atoms with E-state index in [-0.39, 0.29) is 11.5 Å². The van der Waals surface area contributed by atoms with E-state index in [9.17, 15) is 14.0 Å². The molecule has 1 amide bonds. The van der Waals surface area contributed by atoms with Crippen LogP contribution < -0.4 is 10.9 Å². The van der Waals surface area contributed by atoms with Crippen molar-refractivity contribution in [1.29, 1.82) is 0 Å². The van der Waals surface area contributed by atoms with Gasteiger partial charge in [0.25, 0.3) is 5.56 Å². The molecule has 2 N–H and O–H groups in total. The molecule has 5 nitrogen and oxygen atoms in total. The van der Waals surface area contributed by atoms with Gasteiger partial charge < -0.3 is 10.3 Å². The highest BCUT2D eigenvalue weighted by Gasteiger charge is 2.05. The molecule has 0 fully saturated rings. The van der Waals surface area contributed by atoms with Crippen LogP contribution >= 0.6 is 0 Å². The van der Waals surface area contributed by atoms with Crippen molar-refractivity contribution < 1.29 is 9.18 Å². The average molecular weight is 275 g/mol. The molecular weight excluding hydrogens is 261 g/mol. The largest absolute Gasteiger partial charge is 0.356 e. The summed E-state index contributed by atoms with van der Waals surface area (Å²) in [6, 6.07) is 7.20. The van der Waals surface area contributed by atoms with E-state index in [0.717, 1.165) is 0 Å². The Morgan fingerprint density at radius 3 is 2.90 bits per heavy atom. The van der Waals surface area contributed by atoms with Gasteiger partial charge >= 0.3 is 0 Å². The summed E-state index contributed by atoms with van der Waals surface area (Å²) in [6.45, 7) is 1.82. The quantitative estimate of drug-likeness (QED) is 0.882. The molecule has 20 heavy (non-hydrogen) atoms. The third-order valence-electron chi connectivity index (χ3n) is 2.65. The van der Waals surface area contributed by atoms with E-state index in [1.54, 1.807) is 12.1 Å². The Morgan fingerprint density at radius 2 is 2.20 bits per heavy atom. The third-order valence-corrected chi connectivity index (χ3v) is 2.65. The van der Waals surface area contributed by atoms with Crippen LogP contribution in [-0.4, -0.2) is 22.4 Å². The van der Waals surface area contributed by atoms with Crippen molar-refractivity contribution in [3.63, 3.8) is 0 Å². The second-order valence-electron chi connectivity index (χ2n) is 4.33. The smallest absolute Gasteiger partial charge is 0.251 e. The first-order chi connectivity index (χ1) is 9.54. The molecule has 0 saturated carbocycles. The summed E-state index contributed by atoms with van der Waals surface area (Å²) in [5.41, 5.74) is 0.738. The molecular formula is C14H14FN3O2. The van der Waals surface area contributed by atoms with Crippen LogP contribution in [0.4, 0.5) is 4.39 Å². The number of carbonyl (C=O) groups excluding carboxylic acids is 1. The molecule has 2 aromatic rings. The van der Waals surface area contributed by atoms with Crippen molar-refractivity contribution in [2.75, 3.05) is 6.54 Å². The van der Waals surface area contributed by atoms with E-state index in [1.165, 1.54) is 25.1 Å². The molecule has 0 aliphatic carbocycles. The molecule has 0 aliphatic rings. The van der Waals surface area contributed by atoms with Gasteiger partial charge in [-0.25, -0.2) is 9.37 Å². The van der Waals surface area contributed by atoms with E-state index in [4.69, 9.17) is 0 Å². The van der Waals surface area contributed by atoms with Crippen molar-refractivity contribution in [2.24, 2.45) is 0 Å². The van der Waals surface area contributed by atoms with Crippen molar-refractivity contribution in [3.05, 3.63) is 52.2 Å². The number of H-pyrrole nitrogens is 1. The fraction of sp³-hybridized carbons (Fsp3) is 0.214. The topological polar surface area (TPSA) is 74.8 Å². The first kappa shape index (κ1) is 13.9. The first-order valence-corrected chi connectivity index (χ1v) is 6.15. The maximum atomic E-state index is 13.2. The number of nitrogens with zero attached hydrogens (tertiary/aromatic N) is 1. The molecule has 6 heteroatoms. The van der Waals surface area contributed by atoms with E-state index in [1.807, 2.05) is 0 Å². The monoisotopic (exact) mass is 275 g/mol. The average Bonchev–Trinajstić information content (AvgIpc) is 2.37. The molecule has 0 atom stereocenters. The summed E-state index contributed by atoms with van der Waals surface area (Å²) in [7, 11) is 0. The summed E-state index contributed by atoms with van der Waals surface area (Å²) in [5, 5.41) is 2.63. The minimum absolute atomic E-state index is 0.139. The van der Waals surface area contributed by atoms with Crippen LogP contribution in [0.25, 0.3) is 11.4 Å². The fourth-order valence-corrected chi connectivity index (χ4v) is 1.78. The van der Waals surface area contributed by atoms with Gasteiger partial charge in [-0.1, -0.05) is 12.1 Å². The molecule has 0 unspecified atom stereocenters. The van der Waals surface area contributed by atoms with E-state index in [0.29, 0.717) is 30.0 Å². The van der Waals surface area contributed by atoms with Gasteiger partial charge in [0.2, 0.25) is 5.91 Å². The molecule has 2 rings (SSSR count). The number of aromatic amines is 1. The molecule has 0 radical (unpaired) electrons. The second-order valence-corrected chi connectivity index (χ2v) is 4.33. The van der Waals surface area contributed by atoms with E-state index >= 15 is 0 Å². The van der Waals surface area contributed by atoms with Crippen molar-refractivity contribution in [1.82, 2.24) is 15.3 Å². The van der Waals surface area contributed by atoms with E-state index < -0.39 is 5.82 Å². The van der Waals surface area contributed by atoms with Crippen LogP contribution in [0.2, 0.25) is 0 Å². The number of rotatable bonds is 4. The molecule has 1 aromatic carbocycles. The van der Waals surface area contributed by atoms with Crippen molar-refractivity contribution in [2.45, 2.75) is 13.3 Å². The summed E-state index contributed by atoms with van der Waals surface area (Å²) in [6.07, 6.45) is 0.436. The Kier molecular flexibility index (Phi) is 4.24. The van der Waals surface area contributed by atoms with Gasteiger partial charge in [-0.15, -0.1) is 0 Å². The Bertz CT molecular complexity index is 682. The van der Waals surface area contributed by atoms with Gasteiger partial charge in [0.05, 0.1) is 5.69 Å². The normalized spacial score (nSPS) is 10.3. The van der Waals surface area contributed by atoms with E-state index in [2.05, 4.69) is 15.3 Å². The Balaban J connectivity index is 2.24. The van der Waals surface area contributed by atoms with Gasteiger partial charge in [-0.05, 0) is 12.1 Å². The number of aromatic nitrogens is 2. The molecule has 1 aromatic heterocycles. The minimum atomic E-state index is -0.395. The highest BCUT2D eigenvalue weighted by atomic mass is 19.1. The highest BCUT2D eigenvalue weighted by molar-refractivity contribution is 5.72. The first-order valence-electron chi connectivity index (χ1n) is 6.15. The molecule has 1 heterocycles. The van der Waals surface area contributed by atoms with Crippen molar-refractivity contribution >= 4 is 5.91 Å². The Hall–Kier alpha value is -2.50. The number of carbonyl (C=O) groups is 1. The maximum absolute atomic E-state index is 13.2. The van der Waals surface area contributed by atoms with Gasteiger partial charge in [-0.3, -0.25) is 9.59 Å². The number of halogens is 1. The second kappa shape index (κ2) is 6.10. The summed E-state index contributed by atoms with van der Waals surface area (Å²) in [4.78, 5) is 29.2. The molecule has 0 aliphatic heterocycles. The summed E-state index contributed by atoms with van der Waals surface area (Å²) in [5.74, 6) is -0.219.